The molecule has 0 spiro atoms. The zero-order valence-electron chi connectivity index (χ0n) is 12.5. The van der Waals surface area contributed by atoms with Crippen LogP contribution in [0.5, 0.6) is 11.6 Å². The van der Waals surface area contributed by atoms with Crippen molar-refractivity contribution >= 4 is 5.78 Å². The molecule has 1 aliphatic rings. The first-order valence-electron chi connectivity index (χ1n) is 7.01. The number of nitrogens with zero attached hydrogens (tertiary/aromatic N) is 1. The molecular formula is C17H18NO3+. The first-order valence-corrected chi connectivity index (χ1v) is 7.01. The fraction of sp³-hybridized carbons (Fsp3) is 0.294. The summed E-state index contributed by atoms with van der Waals surface area (Å²) >= 11 is 0. The topological polar surface area (TPSA) is 39.4 Å². The van der Waals surface area contributed by atoms with E-state index in [1.165, 1.54) is 0 Å². The summed E-state index contributed by atoms with van der Waals surface area (Å²) in [6.45, 7) is 2.21. The molecule has 0 radical (unpaired) electrons. The average Bonchev–Trinajstić information content (AvgIpc) is 2.87. The zero-order valence-corrected chi connectivity index (χ0v) is 12.5. The Labute approximate surface area is 123 Å². The van der Waals surface area contributed by atoms with Crippen LogP contribution in [0.1, 0.15) is 22.8 Å². The maximum absolute atomic E-state index is 12.0. The molecule has 1 aromatic heterocycles. The molecule has 2 aromatic rings. The summed E-state index contributed by atoms with van der Waals surface area (Å²) in [5, 5.41) is 0. The highest BCUT2D eigenvalue weighted by Gasteiger charge is 2.26. The van der Waals surface area contributed by atoms with E-state index in [4.69, 9.17) is 9.47 Å². The molecule has 0 fully saturated rings. The number of ether oxygens (including phenoxy) is 2. The van der Waals surface area contributed by atoms with E-state index in [1.807, 2.05) is 36.0 Å². The van der Waals surface area contributed by atoms with Gasteiger partial charge in [-0.15, -0.1) is 0 Å². The normalized spacial score (nSPS) is 13.0. The molecule has 0 unspecified atom stereocenters. The number of ketones is 1. The quantitative estimate of drug-likeness (QED) is 0.812. The van der Waals surface area contributed by atoms with Crippen molar-refractivity contribution in [3.8, 4) is 22.8 Å². The summed E-state index contributed by atoms with van der Waals surface area (Å²) in [4.78, 5) is 12.0. The molecule has 0 amide bonds. The maximum atomic E-state index is 12.0. The molecule has 1 aliphatic heterocycles. The minimum absolute atomic E-state index is 0.0424. The van der Waals surface area contributed by atoms with E-state index < -0.39 is 0 Å². The number of carbonyl (C=O) groups is 1. The first kappa shape index (κ1) is 13.6. The van der Waals surface area contributed by atoms with E-state index in [0.29, 0.717) is 5.56 Å². The van der Waals surface area contributed by atoms with Crippen molar-refractivity contribution in [2.75, 3.05) is 13.7 Å². The van der Waals surface area contributed by atoms with Gasteiger partial charge in [-0.3, -0.25) is 4.79 Å². The molecule has 4 heteroatoms. The first-order chi connectivity index (χ1) is 10.2. The lowest BCUT2D eigenvalue weighted by Gasteiger charge is -2.10. The highest BCUT2D eigenvalue weighted by Crippen LogP contribution is 2.36. The van der Waals surface area contributed by atoms with E-state index >= 15 is 0 Å². The van der Waals surface area contributed by atoms with Crippen molar-refractivity contribution in [2.45, 2.75) is 13.3 Å². The average molecular weight is 284 g/mol. The molecule has 0 atom stereocenters. The number of carbonyl (C=O) groups excluding carboxylic acids is 1. The van der Waals surface area contributed by atoms with Crippen LogP contribution in [0.4, 0.5) is 0 Å². The van der Waals surface area contributed by atoms with Crippen LogP contribution in [-0.2, 0) is 13.5 Å². The summed E-state index contributed by atoms with van der Waals surface area (Å²) in [6, 6.07) is 7.95. The number of aromatic nitrogens is 1. The summed E-state index contributed by atoms with van der Waals surface area (Å²) in [6.07, 6.45) is 2.76. The Bertz CT molecular complexity index is 722. The zero-order chi connectivity index (χ0) is 15.0. The van der Waals surface area contributed by atoms with Gasteiger partial charge in [0.15, 0.2) is 12.8 Å². The Balaban J connectivity index is 2.23. The molecule has 1 aromatic carbocycles. The Morgan fingerprint density at radius 3 is 2.86 bits per heavy atom. The molecular weight excluding hydrogens is 266 g/mol. The minimum Gasteiger partial charge on any atom is -0.484 e. The maximum Gasteiger partial charge on any atom is 0.375 e. The molecule has 0 N–H and O–H groups in total. The Morgan fingerprint density at radius 1 is 1.33 bits per heavy atom. The Kier molecular flexibility index (Phi) is 3.37. The second-order valence-electron chi connectivity index (χ2n) is 5.12. The number of aryl methyl sites for hydroxylation is 2. The number of rotatable bonds is 3. The number of Topliss-reactive ketones (excluding diaryl/α,β-unsaturated/α-hetero) is 1. The van der Waals surface area contributed by atoms with Crippen LogP contribution in [0.25, 0.3) is 11.1 Å². The molecule has 0 saturated carbocycles. The Morgan fingerprint density at radius 2 is 2.14 bits per heavy atom. The second kappa shape index (κ2) is 5.20. The molecule has 108 valence electrons. The summed E-state index contributed by atoms with van der Waals surface area (Å²) < 4.78 is 12.9. The summed E-state index contributed by atoms with van der Waals surface area (Å²) in [5.41, 5.74) is 3.69. The Hall–Kier alpha value is -2.36. The van der Waals surface area contributed by atoms with Gasteiger partial charge in [0.2, 0.25) is 5.78 Å². The van der Waals surface area contributed by atoms with Crippen LogP contribution < -0.4 is 14.0 Å². The van der Waals surface area contributed by atoms with Crippen LogP contribution in [-0.4, -0.2) is 19.5 Å². The van der Waals surface area contributed by atoms with Gasteiger partial charge in [0.1, 0.15) is 12.8 Å². The van der Waals surface area contributed by atoms with Crippen LogP contribution in [0.15, 0.2) is 30.5 Å². The summed E-state index contributed by atoms with van der Waals surface area (Å²) in [5.74, 6) is 1.55. The monoisotopic (exact) mass is 284 g/mol. The lowest BCUT2D eigenvalue weighted by atomic mass is 9.97. The van der Waals surface area contributed by atoms with Gasteiger partial charge < -0.3 is 9.47 Å². The van der Waals surface area contributed by atoms with E-state index in [0.717, 1.165) is 34.7 Å². The predicted molar refractivity (Wildman–Crippen MR) is 78.8 cm³/mol. The van der Waals surface area contributed by atoms with Gasteiger partial charge in [-0.1, -0.05) is 6.92 Å². The molecule has 0 aliphatic carbocycles. The SMILES string of the molecule is CCc1cc(-c2ccc[n+](C)c2OC)cc2c1OCC2=O. The highest BCUT2D eigenvalue weighted by molar-refractivity contribution is 6.03. The lowest BCUT2D eigenvalue weighted by molar-refractivity contribution is -0.676. The van der Waals surface area contributed by atoms with Gasteiger partial charge >= 0.3 is 5.88 Å². The third-order valence-electron chi connectivity index (χ3n) is 3.82. The standard InChI is InChI=1S/C17H18NO3/c1-4-11-8-12(9-14-15(19)10-21-16(11)14)13-6-5-7-18(2)17(13)20-3/h5-9H,4,10H2,1-3H3/q+1. The van der Waals surface area contributed by atoms with Crippen molar-refractivity contribution in [3.63, 3.8) is 0 Å². The van der Waals surface area contributed by atoms with E-state index in [9.17, 15) is 4.79 Å². The third-order valence-corrected chi connectivity index (χ3v) is 3.82. The number of methoxy groups -OCH3 is 1. The van der Waals surface area contributed by atoms with Crippen molar-refractivity contribution in [1.82, 2.24) is 0 Å². The smallest absolute Gasteiger partial charge is 0.375 e. The largest absolute Gasteiger partial charge is 0.484 e. The fourth-order valence-electron chi connectivity index (χ4n) is 2.77. The second-order valence-corrected chi connectivity index (χ2v) is 5.12. The summed E-state index contributed by atoms with van der Waals surface area (Å²) in [7, 11) is 3.59. The van der Waals surface area contributed by atoms with Crippen molar-refractivity contribution < 1.29 is 18.8 Å². The van der Waals surface area contributed by atoms with Gasteiger partial charge in [-0.2, -0.15) is 4.57 Å². The van der Waals surface area contributed by atoms with Crippen LogP contribution in [0.2, 0.25) is 0 Å². The van der Waals surface area contributed by atoms with E-state index in [1.54, 1.807) is 7.11 Å². The number of fused-ring (bicyclic) bond motifs is 1. The number of hydrogen-bond donors (Lipinski definition) is 0. The number of pyridine rings is 1. The van der Waals surface area contributed by atoms with Crippen LogP contribution in [0.3, 0.4) is 0 Å². The van der Waals surface area contributed by atoms with Gasteiger partial charge in [0.25, 0.3) is 0 Å². The molecule has 2 heterocycles. The van der Waals surface area contributed by atoms with Gasteiger partial charge in [0.05, 0.1) is 18.2 Å². The predicted octanol–water partition coefficient (Wildman–Crippen LogP) is 2.32. The van der Waals surface area contributed by atoms with E-state index in [-0.39, 0.29) is 12.4 Å². The molecule has 0 bridgehead atoms. The third kappa shape index (κ3) is 2.17. The lowest BCUT2D eigenvalue weighted by Crippen LogP contribution is -2.29. The molecule has 0 saturated heterocycles. The van der Waals surface area contributed by atoms with Crippen molar-refractivity contribution in [1.29, 1.82) is 0 Å². The molecule has 4 nitrogen and oxygen atoms in total. The van der Waals surface area contributed by atoms with Crippen LogP contribution >= 0.6 is 0 Å². The molecule has 21 heavy (non-hydrogen) atoms. The van der Waals surface area contributed by atoms with Crippen molar-refractivity contribution in [2.24, 2.45) is 7.05 Å². The van der Waals surface area contributed by atoms with Gasteiger partial charge in [-0.25, -0.2) is 0 Å². The number of benzene rings is 1. The van der Waals surface area contributed by atoms with E-state index in [2.05, 4.69) is 13.0 Å². The van der Waals surface area contributed by atoms with Crippen molar-refractivity contribution in [3.05, 3.63) is 41.6 Å². The molecule has 3 rings (SSSR count). The van der Waals surface area contributed by atoms with Gasteiger partial charge in [0, 0.05) is 6.07 Å². The van der Waals surface area contributed by atoms with Gasteiger partial charge in [-0.05, 0) is 35.7 Å². The highest BCUT2D eigenvalue weighted by atomic mass is 16.5. The fourth-order valence-corrected chi connectivity index (χ4v) is 2.77. The van der Waals surface area contributed by atoms with Crippen LogP contribution in [0, 0.1) is 0 Å². The minimum atomic E-state index is 0.0424. The number of hydrogen-bond acceptors (Lipinski definition) is 3.